The van der Waals surface area contributed by atoms with E-state index in [2.05, 4.69) is 12.2 Å². The van der Waals surface area contributed by atoms with Crippen molar-refractivity contribution in [2.75, 3.05) is 0 Å². The van der Waals surface area contributed by atoms with E-state index in [1.165, 1.54) is 0 Å². The highest BCUT2D eigenvalue weighted by molar-refractivity contribution is 6.18. The fourth-order valence-corrected chi connectivity index (χ4v) is 4.22. The topological polar surface area (TPSA) is 34.1 Å². The molecule has 4 atom stereocenters. The van der Waals surface area contributed by atoms with Crippen LogP contribution in [0, 0.1) is 23.2 Å². The number of ketones is 2. The van der Waals surface area contributed by atoms with Crippen LogP contribution in [0.3, 0.4) is 0 Å². The van der Waals surface area contributed by atoms with Crippen molar-refractivity contribution >= 4 is 11.6 Å². The third kappa shape index (κ3) is 0.925. The Bertz CT molecular complexity index is 613. The van der Waals surface area contributed by atoms with E-state index in [-0.39, 0.29) is 29.3 Å². The summed E-state index contributed by atoms with van der Waals surface area (Å²) in [5.74, 6) is 0.723. The van der Waals surface area contributed by atoms with Crippen molar-refractivity contribution in [3.05, 3.63) is 47.5 Å². The first-order valence-electron chi connectivity index (χ1n) is 6.50. The summed E-state index contributed by atoms with van der Waals surface area (Å²) < 4.78 is 0. The van der Waals surface area contributed by atoms with Crippen LogP contribution in [-0.2, 0) is 0 Å². The normalized spacial score (nSPS) is 39.9. The molecule has 2 nitrogen and oxygen atoms in total. The minimum Gasteiger partial charge on any atom is -0.294 e. The second-order valence-corrected chi connectivity index (χ2v) is 5.89. The van der Waals surface area contributed by atoms with Gasteiger partial charge in [0.15, 0.2) is 11.6 Å². The van der Waals surface area contributed by atoms with Crippen LogP contribution in [0.2, 0.25) is 0 Å². The molecule has 0 aromatic heterocycles. The minimum atomic E-state index is -0.495. The van der Waals surface area contributed by atoms with Crippen LogP contribution in [0.15, 0.2) is 36.4 Å². The molecule has 1 aromatic carbocycles. The predicted octanol–water partition coefficient (Wildman–Crippen LogP) is 2.89. The zero-order valence-electron chi connectivity index (χ0n) is 10.2. The quantitative estimate of drug-likeness (QED) is 0.651. The zero-order chi connectivity index (χ0) is 12.5. The Morgan fingerprint density at radius 2 is 1.83 bits per heavy atom. The summed E-state index contributed by atoms with van der Waals surface area (Å²) in [6.07, 6.45) is 5.24. The van der Waals surface area contributed by atoms with E-state index < -0.39 is 5.41 Å². The molecule has 0 N–H and O–H groups in total. The molecule has 1 unspecified atom stereocenters. The molecule has 3 aliphatic rings. The van der Waals surface area contributed by atoms with Crippen molar-refractivity contribution in [3.8, 4) is 0 Å². The number of hydrogen-bond acceptors (Lipinski definition) is 2. The Kier molecular flexibility index (Phi) is 1.71. The lowest BCUT2D eigenvalue weighted by molar-refractivity contribution is 0.0552. The average Bonchev–Trinajstić information content (AvgIpc) is 2.96. The molecule has 0 spiro atoms. The number of fused-ring (bicyclic) bond motifs is 6. The molecule has 2 heteroatoms. The highest BCUT2D eigenvalue weighted by atomic mass is 16.1. The number of Topliss-reactive ketones (excluding diaryl/α,β-unsaturated/α-hetero) is 2. The van der Waals surface area contributed by atoms with Crippen molar-refractivity contribution in [3.63, 3.8) is 0 Å². The highest BCUT2D eigenvalue weighted by Gasteiger charge is 2.62. The Morgan fingerprint density at radius 3 is 2.61 bits per heavy atom. The molecule has 3 aliphatic carbocycles. The van der Waals surface area contributed by atoms with E-state index in [0.29, 0.717) is 11.1 Å². The summed E-state index contributed by atoms with van der Waals surface area (Å²) in [6.45, 7) is 1.99. The maximum atomic E-state index is 12.8. The third-order valence-electron chi connectivity index (χ3n) is 5.17. The molecule has 0 aliphatic heterocycles. The summed E-state index contributed by atoms with van der Waals surface area (Å²) >= 11 is 0. The fraction of sp³-hybridized carbons (Fsp3) is 0.375. The predicted molar refractivity (Wildman–Crippen MR) is 67.4 cm³/mol. The van der Waals surface area contributed by atoms with E-state index in [4.69, 9.17) is 0 Å². The molecule has 0 radical (unpaired) electrons. The van der Waals surface area contributed by atoms with E-state index in [1.54, 1.807) is 12.1 Å². The van der Waals surface area contributed by atoms with Gasteiger partial charge in [-0.05, 0) is 18.3 Å². The highest BCUT2D eigenvalue weighted by Crippen LogP contribution is 2.60. The Labute approximate surface area is 106 Å². The van der Waals surface area contributed by atoms with E-state index in [9.17, 15) is 9.59 Å². The number of carbonyl (C=O) groups excluding carboxylic acids is 2. The van der Waals surface area contributed by atoms with E-state index in [1.807, 2.05) is 19.1 Å². The lowest BCUT2D eigenvalue weighted by Gasteiger charge is -2.40. The van der Waals surface area contributed by atoms with Gasteiger partial charge in [0.2, 0.25) is 0 Å². The van der Waals surface area contributed by atoms with Crippen molar-refractivity contribution in [1.82, 2.24) is 0 Å². The number of rotatable bonds is 0. The first-order valence-corrected chi connectivity index (χ1v) is 6.50. The van der Waals surface area contributed by atoms with Gasteiger partial charge in [-0.2, -0.15) is 0 Å². The smallest absolute Gasteiger partial charge is 0.170 e. The van der Waals surface area contributed by atoms with Crippen LogP contribution in [-0.4, -0.2) is 11.6 Å². The number of allylic oxidation sites excluding steroid dienone is 2. The van der Waals surface area contributed by atoms with Crippen molar-refractivity contribution < 1.29 is 9.59 Å². The van der Waals surface area contributed by atoms with E-state index >= 15 is 0 Å². The first kappa shape index (κ1) is 10.2. The van der Waals surface area contributed by atoms with Gasteiger partial charge in [0.1, 0.15) is 0 Å². The monoisotopic (exact) mass is 238 g/mol. The van der Waals surface area contributed by atoms with Gasteiger partial charge in [0.25, 0.3) is 0 Å². The zero-order valence-corrected chi connectivity index (χ0v) is 10.2. The molecular formula is C16H14O2. The molecule has 90 valence electrons. The standard InChI is InChI=1S/C16H14O2/c1-16-10-7-6-9(8-10)13(16)14(17)11-4-2-3-5-12(11)15(16)18/h2-7,9-10,13H,8H2,1H3/t9-,10+,13?,16+/m0/s1. The molecule has 4 rings (SSSR count). The fourth-order valence-electron chi connectivity index (χ4n) is 4.22. The minimum absolute atomic E-state index is 0.130. The molecule has 0 amide bonds. The average molecular weight is 238 g/mol. The van der Waals surface area contributed by atoms with Gasteiger partial charge in [-0.1, -0.05) is 43.3 Å². The molecule has 2 bridgehead atoms. The van der Waals surface area contributed by atoms with Crippen molar-refractivity contribution in [2.24, 2.45) is 23.2 Å². The van der Waals surface area contributed by atoms with Crippen LogP contribution in [0.4, 0.5) is 0 Å². The lowest BCUT2D eigenvalue weighted by Crippen LogP contribution is -2.47. The molecule has 0 saturated heterocycles. The van der Waals surface area contributed by atoms with Crippen LogP contribution in [0.1, 0.15) is 34.1 Å². The molecule has 1 fully saturated rings. The summed E-state index contributed by atoms with van der Waals surface area (Å²) in [5.41, 5.74) is 0.762. The van der Waals surface area contributed by atoms with Crippen molar-refractivity contribution in [2.45, 2.75) is 13.3 Å². The summed E-state index contributed by atoms with van der Waals surface area (Å²) in [6, 6.07) is 7.28. The molecule has 0 heterocycles. The summed E-state index contributed by atoms with van der Waals surface area (Å²) in [4.78, 5) is 25.4. The largest absolute Gasteiger partial charge is 0.294 e. The number of benzene rings is 1. The Balaban J connectivity index is 2.00. The number of hydrogen-bond donors (Lipinski definition) is 0. The second kappa shape index (κ2) is 3.00. The Hall–Kier alpha value is -1.70. The molecule has 1 saturated carbocycles. The van der Waals surface area contributed by atoms with Crippen LogP contribution in [0.25, 0.3) is 0 Å². The first-order chi connectivity index (χ1) is 8.64. The Morgan fingerprint density at radius 1 is 1.11 bits per heavy atom. The van der Waals surface area contributed by atoms with E-state index in [0.717, 1.165) is 6.42 Å². The van der Waals surface area contributed by atoms with Crippen LogP contribution < -0.4 is 0 Å². The summed E-state index contributed by atoms with van der Waals surface area (Å²) in [5, 5.41) is 0. The SMILES string of the molecule is C[C@]12C(=O)c3ccccc3C(=O)C1[C@H]1C=C[C@@H]2C1. The number of carbonyl (C=O) groups is 2. The lowest BCUT2D eigenvalue weighted by atomic mass is 9.59. The molecule has 1 aromatic rings. The van der Waals surface area contributed by atoms with Gasteiger partial charge in [0.05, 0.1) is 0 Å². The molecular weight excluding hydrogens is 224 g/mol. The van der Waals surface area contributed by atoms with Gasteiger partial charge in [0, 0.05) is 22.5 Å². The van der Waals surface area contributed by atoms with Crippen LogP contribution in [0.5, 0.6) is 0 Å². The van der Waals surface area contributed by atoms with Gasteiger partial charge >= 0.3 is 0 Å². The maximum absolute atomic E-state index is 12.8. The van der Waals surface area contributed by atoms with Crippen molar-refractivity contribution in [1.29, 1.82) is 0 Å². The third-order valence-corrected chi connectivity index (χ3v) is 5.17. The maximum Gasteiger partial charge on any atom is 0.170 e. The van der Waals surface area contributed by atoms with Gasteiger partial charge < -0.3 is 0 Å². The van der Waals surface area contributed by atoms with Gasteiger partial charge in [-0.25, -0.2) is 0 Å². The second-order valence-electron chi connectivity index (χ2n) is 5.89. The van der Waals surface area contributed by atoms with Crippen LogP contribution >= 0.6 is 0 Å². The van der Waals surface area contributed by atoms with Gasteiger partial charge in [-0.15, -0.1) is 0 Å². The van der Waals surface area contributed by atoms with Gasteiger partial charge in [-0.3, -0.25) is 9.59 Å². The molecule has 18 heavy (non-hydrogen) atoms. The summed E-state index contributed by atoms with van der Waals surface area (Å²) in [7, 11) is 0.